The van der Waals surface area contributed by atoms with Crippen molar-refractivity contribution in [2.75, 3.05) is 66.4 Å². The van der Waals surface area contributed by atoms with E-state index in [1.807, 2.05) is 43.3 Å². The van der Waals surface area contributed by atoms with Gasteiger partial charge in [0.05, 0.1) is 32.5 Å². The number of ether oxygens (including phenoxy) is 2. The summed E-state index contributed by atoms with van der Waals surface area (Å²) in [6.45, 7) is 6.03. The Labute approximate surface area is 218 Å². The number of anilines is 1. The van der Waals surface area contributed by atoms with Crippen LogP contribution in [0, 0.1) is 0 Å². The molecule has 2 N–H and O–H groups in total. The normalized spacial score (nSPS) is 18.4. The topological polar surface area (TPSA) is 98.7 Å². The average Bonchev–Trinajstić information content (AvgIpc) is 3.04. The maximum absolute atomic E-state index is 12.7. The Kier molecular flexibility index (Phi) is 8.30. The molecule has 1 saturated heterocycles. The second kappa shape index (κ2) is 11.6. The molecule has 2 heterocycles. The molecule has 198 valence electrons. The van der Waals surface area contributed by atoms with Crippen molar-refractivity contribution in [2.45, 2.75) is 19.4 Å². The number of rotatable bonds is 6. The zero-order valence-corrected chi connectivity index (χ0v) is 22.2. The summed E-state index contributed by atoms with van der Waals surface area (Å²) in [7, 11) is 6.88. The van der Waals surface area contributed by atoms with E-state index in [1.165, 1.54) is 5.01 Å². The number of methoxy groups -OCH3 is 2. The predicted molar refractivity (Wildman–Crippen MR) is 144 cm³/mol. The van der Waals surface area contributed by atoms with E-state index in [-0.39, 0.29) is 18.0 Å². The lowest BCUT2D eigenvalue weighted by Gasteiger charge is -2.31. The van der Waals surface area contributed by atoms with Crippen molar-refractivity contribution in [2.24, 2.45) is 5.10 Å². The van der Waals surface area contributed by atoms with Crippen molar-refractivity contribution in [3.63, 3.8) is 0 Å². The number of fused-ring (bicyclic) bond motifs is 1. The fourth-order valence-electron chi connectivity index (χ4n) is 4.67. The molecule has 0 aliphatic carbocycles. The Hall–Kier alpha value is -3.63. The van der Waals surface area contributed by atoms with Crippen molar-refractivity contribution >= 4 is 23.3 Å². The van der Waals surface area contributed by atoms with E-state index in [0.29, 0.717) is 35.9 Å². The van der Waals surface area contributed by atoms with Crippen molar-refractivity contribution < 1.29 is 19.1 Å². The summed E-state index contributed by atoms with van der Waals surface area (Å²) in [6, 6.07) is 10.9. The van der Waals surface area contributed by atoms with E-state index >= 15 is 0 Å². The number of benzene rings is 2. The van der Waals surface area contributed by atoms with E-state index < -0.39 is 0 Å². The van der Waals surface area contributed by atoms with Crippen LogP contribution in [-0.2, 0) is 11.2 Å². The largest absolute Gasteiger partial charge is 0.493 e. The summed E-state index contributed by atoms with van der Waals surface area (Å²) in [4.78, 5) is 29.7. The van der Waals surface area contributed by atoms with E-state index in [0.717, 1.165) is 42.9 Å². The number of amides is 3. The SMILES string of the molecule is CNC(=O)N1N=C(c2ccc(NC(=O)CN3CCN(C)CC3)cc2)c2cc(OC)c(OC)cc2C[C@@H]1C. The highest BCUT2D eigenvalue weighted by Gasteiger charge is 2.28. The molecular weight excluding hydrogens is 472 g/mol. The minimum Gasteiger partial charge on any atom is -0.493 e. The summed E-state index contributed by atoms with van der Waals surface area (Å²) in [5, 5.41) is 11.9. The lowest BCUT2D eigenvalue weighted by atomic mass is 9.94. The molecule has 2 aliphatic rings. The minimum absolute atomic E-state index is 0.0362. The van der Waals surface area contributed by atoms with Crippen molar-refractivity contribution in [3.05, 3.63) is 53.1 Å². The molecule has 2 aromatic carbocycles. The number of hydrazone groups is 1. The lowest BCUT2D eigenvalue weighted by molar-refractivity contribution is -0.117. The van der Waals surface area contributed by atoms with E-state index in [4.69, 9.17) is 14.6 Å². The number of carbonyl (C=O) groups excluding carboxylic acids is 2. The Balaban J connectivity index is 1.61. The van der Waals surface area contributed by atoms with E-state index in [2.05, 4.69) is 27.5 Å². The number of nitrogens with one attached hydrogen (secondary N) is 2. The first-order chi connectivity index (χ1) is 17.8. The highest BCUT2D eigenvalue weighted by molar-refractivity contribution is 6.14. The molecule has 2 aliphatic heterocycles. The number of nitrogens with zero attached hydrogens (tertiary/aromatic N) is 4. The van der Waals surface area contributed by atoms with Crippen LogP contribution >= 0.6 is 0 Å². The summed E-state index contributed by atoms with van der Waals surface area (Å²) in [5.74, 6) is 1.17. The molecule has 0 bridgehead atoms. The highest BCUT2D eigenvalue weighted by atomic mass is 16.5. The van der Waals surface area contributed by atoms with Crippen LogP contribution in [0.3, 0.4) is 0 Å². The van der Waals surface area contributed by atoms with Gasteiger partial charge in [-0.1, -0.05) is 12.1 Å². The summed E-state index contributed by atoms with van der Waals surface area (Å²) in [6.07, 6.45) is 0.594. The van der Waals surface area contributed by atoms with Crippen LogP contribution in [0.25, 0.3) is 0 Å². The lowest BCUT2D eigenvalue weighted by Crippen LogP contribution is -2.47. The van der Waals surface area contributed by atoms with Crippen molar-refractivity contribution in [1.82, 2.24) is 20.1 Å². The first kappa shape index (κ1) is 26.4. The van der Waals surface area contributed by atoms with Gasteiger partial charge in [-0.15, -0.1) is 0 Å². The number of carbonyl (C=O) groups is 2. The van der Waals surface area contributed by atoms with E-state index in [9.17, 15) is 9.59 Å². The molecule has 10 nitrogen and oxygen atoms in total. The Bertz CT molecular complexity index is 1160. The quantitative estimate of drug-likeness (QED) is 0.621. The summed E-state index contributed by atoms with van der Waals surface area (Å²) in [5.41, 5.74) is 4.02. The van der Waals surface area contributed by atoms with Gasteiger partial charge in [0.2, 0.25) is 5.91 Å². The maximum Gasteiger partial charge on any atom is 0.337 e. The summed E-state index contributed by atoms with van der Waals surface area (Å²) < 4.78 is 11.1. The highest BCUT2D eigenvalue weighted by Crippen LogP contribution is 2.34. The van der Waals surface area contributed by atoms with Gasteiger partial charge in [-0.05, 0) is 50.2 Å². The first-order valence-electron chi connectivity index (χ1n) is 12.5. The van der Waals surface area contributed by atoms with Crippen LogP contribution in [-0.4, -0.2) is 99.5 Å². The van der Waals surface area contributed by atoms with Crippen LogP contribution in [0.15, 0.2) is 41.5 Å². The zero-order chi connectivity index (χ0) is 26.5. The minimum atomic E-state index is -0.287. The van der Waals surface area contributed by atoms with Crippen LogP contribution in [0.2, 0.25) is 0 Å². The fraction of sp³-hybridized carbons (Fsp3) is 0.444. The third kappa shape index (κ3) is 6.03. The van der Waals surface area contributed by atoms with E-state index in [1.54, 1.807) is 21.3 Å². The second-order valence-corrected chi connectivity index (χ2v) is 9.47. The molecule has 3 amide bonds. The van der Waals surface area contributed by atoms with Crippen molar-refractivity contribution in [1.29, 1.82) is 0 Å². The van der Waals surface area contributed by atoms with Gasteiger partial charge >= 0.3 is 6.03 Å². The Morgan fingerprint density at radius 2 is 1.68 bits per heavy atom. The molecule has 0 spiro atoms. The predicted octanol–water partition coefficient (Wildman–Crippen LogP) is 2.23. The second-order valence-electron chi connectivity index (χ2n) is 9.47. The van der Waals surface area contributed by atoms with Gasteiger partial charge < -0.3 is 25.0 Å². The van der Waals surface area contributed by atoms with Gasteiger partial charge in [-0.2, -0.15) is 5.10 Å². The van der Waals surface area contributed by atoms with Crippen molar-refractivity contribution in [3.8, 4) is 11.5 Å². The van der Waals surface area contributed by atoms with Crippen LogP contribution in [0.1, 0.15) is 23.6 Å². The Morgan fingerprint density at radius 1 is 1.03 bits per heavy atom. The zero-order valence-electron chi connectivity index (χ0n) is 22.2. The number of likely N-dealkylation sites (N-methyl/N-ethyl adjacent to an activating group) is 1. The summed E-state index contributed by atoms with van der Waals surface area (Å²) >= 11 is 0. The molecule has 0 aromatic heterocycles. The van der Waals surface area contributed by atoms with Gasteiger partial charge in [-0.25, -0.2) is 9.80 Å². The van der Waals surface area contributed by atoms with Gasteiger partial charge in [0, 0.05) is 50.0 Å². The molecule has 0 radical (unpaired) electrons. The average molecular weight is 509 g/mol. The van der Waals surface area contributed by atoms with Gasteiger partial charge in [-0.3, -0.25) is 9.69 Å². The van der Waals surface area contributed by atoms with Crippen LogP contribution < -0.4 is 20.1 Å². The number of urea groups is 1. The molecule has 2 aromatic rings. The molecule has 37 heavy (non-hydrogen) atoms. The third-order valence-corrected chi connectivity index (χ3v) is 6.83. The van der Waals surface area contributed by atoms with Gasteiger partial charge in [0.15, 0.2) is 11.5 Å². The molecule has 0 unspecified atom stereocenters. The maximum atomic E-state index is 12.7. The molecular formula is C27H36N6O4. The molecule has 1 fully saturated rings. The standard InChI is InChI=1S/C27H36N6O4/c1-18-14-20-15-23(36-4)24(37-5)16-22(20)26(30-33(18)27(35)28-2)19-6-8-21(9-7-19)29-25(34)17-32-12-10-31(3)11-13-32/h6-9,15-16,18H,10-14,17H2,1-5H3,(H,28,35)(H,29,34)/t18-/m0/s1. The number of hydrogen-bond acceptors (Lipinski definition) is 7. The number of hydrogen-bond donors (Lipinski definition) is 2. The van der Waals surface area contributed by atoms with Gasteiger partial charge in [0.25, 0.3) is 0 Å². The molecule has 10 heteroatoms. The van der Waals surface area contributed by atoms with Crippen LogP contribution in [0.4, 0.5) is 10.5 Å². The molecule has 4 rings (SSSR count). The molecule has 0 saturated carbocycles. The fourth-order valence-corrected chi connectivity index (χ4v) is 4.67. The van der Waals surface area contributed by atoms with Gasteiger partial charge in [0.1, 0.15) is 0 Å². The molecule has 1 atom stereocenters. The first-order valence-corrected chi connectivity index (χ1v) is 12.5. The monoisotopic (exact) mass is 508 g/mol. The number of piperazine rings is 1. The van der Waals surface area contributed by atoms with Crippen LogP contribution in [0.5, 0.6) is 11.5 Å². The Morgan fingerprint density at radius 3 is 2.30 bits per heavy atom. The smallest absolute Gasteiger partial charge is 0.337 e. The third-order valence-electron chi connectivity index (χ3n) is 6.83.